The summed E-state index contributed by atoms with van der Waals surface area (Å²) in [5.74, 6) is -1.25. The van der Waals surface area contributed by atoms with Crippen molar-refractivity contribution in [3.05, 3.63) is 0 Å². The lowest BCUT2D eigenvalue weighted by Gasteiger charge is -2.34. The molecule has 2 fully saturated rings. The molecule has 1 unspecified atom stereocenters. The van der Waals surface area contributed by atoms with Crippen LogP contribution in [0.2, 0.25) is 0 Å². The Kier molecular flexibility index (Phi) is 4.20. The van der Waals surface area contributed by atoms with Gasteiger partial charge in [0, 0.05) is 13.1 Å². The molecule has 6 heteroatoms. The number of aliphatic carboxylic acids is 1. The molecule has 1 aliphatic heterocycles. The summed E-state index contributed by atoms with van der Waals surface area (Å²) in [4.78, 5) is 10.9. The van der Waals surface area contributed by atoms with E-state index in [-0.39, 0.29) is 17.7 Å². The zero-order valence-electron chi connectivity index (χ0n) is 11.5. The maximum Gasteiger partial charge on any atom is 0.307 e. The minimum atomic E-state index is -3.31. The number of carboxylic acids is 1. The van der Waals surface area contributed by atoms with Gasteiger partial charge in [-0.15, -0.1) is 0 Å². The Morgan fingerprint density at radius 1 is 1.32 bits per heavy atom. The molecule has 1 aliphatic carbocycles. The lowest BCUT2D eigenvalue weighted by atomic mass is 9.77. The Morgan fingerprint density at radius 2 is 1.95 bits per heavy atom. The van der Waals surface area contributed by atoms with Crippen molar-refractivity contribution in [2.75, 3.05) is 18.8 Å². The van der Waals surface area contributed by atoms with Gasteiger partial charge in [-0.05, 0) is 24.7 Å². The first-order valence-electron chi connectivity index (χ1n) is 7.03. The second-order valence-corrected chi connectivity index (χ2v) is 8.28. The average molecular weight is 289 g/mol. The molecule has 1 N–H and O–H groups in total. The summed E-state index contributed by atoms with van der Waals surface area (Å²) in [6, 6.07) is 0. The highest BCUT2D eigenvalue weighted by molar-refractivity contribution is 7.89. The molecule has 1 saturated heterocycles. The van der Waals surface area contributed by atoms with Crippen LogP contribution in [0.1, 0.15) is 45.4 Å². The van der Waals surface area contributed by atoms with Gasteiger partial charge in [0.2, 0.25) is 10.0 Å². The Balaban J connectivity index is 2.01. The first kappa shape index (κ1) is 14.8. The van der Waals surface area contributed by atoms with Crippen LogP contribution in [0.4, 0.5) is 0 Å². The van der Waals surface area contributed by atoms with E-state index in [0.29, 0.717) is 13.0 Å². The monoisotopic (exact) mass is 289 g/mol. The predicted molar refractivity (Wildman–Crippen MR) is 72.3 cm³/mol. The van der Waals surface area contributed by atoms with E-state index >= 15 is 0 Å². The zero-order chi connectivity index (χ0) is 14.1. The minimum absolute atomic E-state index is 0.127. The van der Waals surface area contributed by atoms with Gasteiger partial charge in [-0.3, -0.25) is 4.79 Å². The molecule has 1 saturated carbocycles. The second kappa shape index (κ2) is 5.40. The third-order valence-electron chi connectivity index (χ3n) is 4.49. The van der Waals surface area contributed by atoms with Gasteiger partial charge in [-0.2, -0.15) is 0 Å². The Hall–Kier alpha value is -0.620. The standard InChI is InChI=1S/C13H23NO4S/c1-13(6-3-2-4-7-13)10-19(17,18)14-8-5-11(9-14)12(15)16/h11H,2-10H2,1H3,(H,15,16). The molecule has 2 rings (SSSR count). The highest BCUT2D eigenvalue weighted by Gasteiger charge is 2.39. The maximum atomic E-state index is 12.4. The quantitative estimate of drug-likeness (QED) is 0.854. The van der Waals surface area contributed by atoms with Crippen molar-refractivity contribution in [1.82, 2.24) is 4.31 Å². The van der Waals surface area contributed by atoms with E-state index < -0.39 is 21.9 Å². The topological polar surface area (TPSA) is 74.7 Å². The molecule has 0 aromatic rings. The van der Waals surface area contributed by atoms with Crippen LogP contribution in [0.25, 0.3) is 0 Å². The summed E-state index contributed by atoms with van der Waals surface area (Å²) in [5.41, 5.74) is -0.127. The highest BCUT2D eigenvalue weighted by Crippen LogP contribution is 2.38. The van der Waals surface area contributed by atoms with Gasteiger partial charge in [-0.25, -0.2) is 12.7 Å². The van der Waals surface area contributed by atoms with Crippen molar-refractivity contribution in [2.45, 2.75) is 45.4 Å². The number of carbonyl (C=O) groups is 1. The fourth-order valence-electron chi connectivity index (χ4n) is 3.26. The Bertz CT molecular complexity index is 440. The third-order valence-corrected chi connectivity index (χ3v) is 6.67. The van der Waals surface area contributed by atoms with Crippen LogP contribution in [0.3, 0.4) is 0 Å². The third kappa shape index (κ3) is 3.48. The molecule has 2 aliphatic rings. The molecule has 0 aromatic carbocycles. The van der Waals surface area contributed by atoms with Crippen LogP contribution < -0.4 is 0 Å². The number of hydrogen-bond acceptors (Lipinski definition) is 3. The van der Waals surface area contributed by atoms with Crippen molar-refractivity contribution in [2.24, 2.45) is 11.3 Å². The van der Waals surface area contributed by atoms with Gasteiger partial charge in [0.05, 0.1) is 11.7 Å². The fraction of sp³-hybridized carbons (Fsp3) is 0.923. The largest absolute Gasteiger partial charge is 0.481 e. The summed E-state index contributed by atoms with van der Waals surface area (Å²) in [7, 11) is -3.31. The average Bonchev–Trinajstić information content (AvgIpc) is 2.78. The maximum absolute atomic E-state index is 12.4. The number of carboxylic acid groups (broad SMARTS) is 1. The van der Waals surface area contributed by atoms with Crippen LogP contribution in [-0.4, -0.2) is 42.6 Å². The summed E-state index contributed by atoms with van der Waals surface area (Å²) < 4.78 is 26.2. The molecule has 0 bridgehead atoms. The summed E-state index contributed by atoms with van der Waals surface area (Å²) in [6.45, 7) is 2.55. The number of sulfonamides is 1. The van der Waals surface area contributed by atoms with E-state index in [4.69, 9.17) is 5.11 Å². The lowest BCUT2D eigenvalue weighted by Crippen LogP contribution is -2.38. The van der Waals surface area contributed by atoms with Crippen molar-refractivity contribution in [1.29, 1.82) is 0 Å². The van der Waals surface area contributed by atoms with Crippen molar-refractivity contribution < 1.29 is 18.3 Å². The van der Waals surface area contributed by atoms with Crippen LogP contribution >= 0.6 is 0 Å². The van der Waals surface area contributed by atoms with Crippen molar-refractivity contribution in [3.63, 3.8) is 0 Å². The van der Waals surface area contributed by atoms with Gasteiger partial charge < -0.3 is 5.11 Å². The SMILES string of the molecule is CC1(CS(=O)(=O)N2CCC(C(=O)O)C2)CCCCC1. The smallest absolute Gasteiger partial charge is 0.307 e. The van der Waals surface area contributed by atoms with Crippen LogP contribution in [0, 0.1) is 11.3 Å². The number of hydrogen-bond donors (Lipinski definition) is 1. The van der Waals surface area contributed by atoms with Crippen LogP contribution in [-0.2, 0) is 14.8 Å². The van der Waals surface area contributed by atoms with Gasteiger partial charge in [0.1, 0.15) is 0 Å². The molecule has 0 spiro atoms. The normalized spacial score (nSPS) is 28.4. The van der Waals surface area contributed by atoms with E-state index in [9.17, 15) is 13.2 Å². The molecular formula is C13H23NO4S. The highest BCUT2D eigenvalue weighted by atomic mass is 32.2. The van der Waals surface area contributed by atoms with Gasteiger partial charge in [-0.1, -0.05) is 26.2 Å². The molecule has 0 radical (unpaired) electrons. The summed E-state index contributed by atoms with van der Waals surface area (Å²) in [6.07, 6.45) is 5.75. The molecular weight excluding hydrogens is 266 g/mol. The van der Waals surface area contributed by atoms with E-state index in [0.717, 1.165) is 25.7 Å². The molecule has 110 valence electrons. The van der Waals surface area contributed by atoms with Crippen molar-refractivity contribution in [3.8, 4) is 0 Å². The molecule has 0 amide bonds. The first-order chi connectivity index (χ1) is 8.82. The van der Waals surface area contributed by atoms with Gasteiger partial charge in [0.15, 0.2) is 0 Å². The molecule has 19 heavy (non-hydrogen) atoms. The molecule has 1 atom stereocenters. The minimum Gasteiger partial charge on any atom is -0.481 e. The van der Waals surface area contributed by atoms with Gasteiger partial charge >= 0.3 is 5.97 Å². The van der Waals surface area contributed by atoms with Crippen LogP contribution in [0.15, 0.2) is 0 Å². The Labute approximate surface area is 115 Å². The van der Waals surface area contributed by atoms with Gasteiger partial charge in [0.25, 0.3) is 0 Å². The van der Waals surface area contributed by atoms with E-state index in [2.05, 4.69) is 6.92 Å². The lowest BCUT2D eigenvalue weighted by molar-refractivity contribution is -0.141. The summed E-state index contributed by atoms with van der Waals surface area (Å²) >= 11 is 0. The fourth-order valence-corrected chi connectivity index (χ4v) is 5.41. The van der Waals surface area contributed by atoms with E-state index in [1.807, 2.05) is 0 Å². The molecule has 5 nitrogen and oxygen atoms in total. The summed E-state index contributed by atoms with van der Waals surface area (Å²) in [5, 5.41) is 8.95. The number of nitrogens with zero attached hydrogens (tertiary/aromatic N) is 1. The van der Waals surface area contributed by atoms with Crippen LogP contribution in [0.5, 0.6) is 0 Å². The predicted octanol–water partition coefficient (Wildman–Crippen LogP) is 1.69. The molecule has 1 heterocycles. The van der Waals surface area contributed by atoms with Crippen molar-refractivity contribution >= 4 is 16.0 Å². The second-order valence-electron chi connectivity index (χ2n) is 6.31. The number of rotatable bonds is 4. The van der Waals surface area contributed by atoms with E-state index in [1.165, 1.54) is 10.7 Å². The zero-order valence-corrected chi connectivity index (χ0v) is 12.3. The first-order valence-corrected chi connectivity index (χ1v) is 8.64. The molecule has 0 aromatic heterocycles. The van der Waals surface area contributed by atoms with E-state index in [1.54, 1.807) is 0 Å². The Morgan fingerprint density at radius 3 is 2.47 bits per heavy atom.